The Kier molecular flexibility index (Phi) is 9.19. The molecule has 2 rings (SSSR count). The molecule has 0 bridgehead atoms. The van der Waals surface area contributed by atoms with Gasteiger partial charge in [-0.15, -0.1) is 6.58 Å². The maximum absolute atomic E-state index is 11.9. The second-order valence-electron chi connectivity index (χ2n) is 7.06. The molecular weight excluding hydrogens is 324 g/mol. The summed E-state index contributed by atoms with van der Waals surface area (Å²) in [5, 5.41) is 0. The average molecular weight is 357 g/mol. The number of cyclic esters (lactones) is 1. The van der Waals surface area contributed by atoms with Crippen LogP contribution in [0.25, 0.3) is 0 Å². The van der Waals surface area contributed by atoms with Crippen molar-refractivity contribution >= 4 is 5.97 Å². The summed E-state index contributed by atoms with van der Waals surface area (Å²) in [6.45, 7) is 6.25. The van der Waals surface area contributed by atoms with E-state index in [1.165, 1.54) is 31.2 Å². The maximum Gasteiger partial charge on any atom is 0.334 e. The number of carbonyl (C=O) groups excluding carboxylic acids is 1. The highest BCUT2D eigenvalue weighted by Gasteiger charge is 2.25. The van der Waals surface area contributed by atoms with Gasteiger partial charge in [0, 0.05) is 12.0 Å². The van der Waals surface area contributed by atoms with Gasteiger partial charge in [-0.1, -0.05) is 62.1 Å². The van der Waals surface area contributed by atoms with Crippen molar-refractivity contribution in [3.8, 4) is 0 Å². The smallest absolute Gasteiger partial charge is 0.334 e. The molecule has 0 fully saturated rings. The van der Waals surface area contributed by atoms with E-state index in [-0.39, 0.29) is 18.2 Å². The van der Waals surface area contributed by atoms with E-state index >= 15 is 0 Å². The molecule has 0 radical (unpaired) electrons. The summed E-state index contributed by atoms with van der Waals surface area (Å²) >= 11 is 0. The quantitative estimate of drug-likeness (QED) is 0.256. The van der Waals surface area contributed by atoms with Crippen molar-refractivity contribution in [2.24, 2.45) is 0 Å². The largest absolute Gasteiger partial charge is 0.455 e. The van der Waals surface area contributed by atoms with Gasteiger partial charge in [-0.25, -0.2) is 4.79 Å². The zero-order valence-electron chi connectivity index (χ0n) is 16.0. The molecule has 1 aromatic rings. The van der Waals surface area contributed by atoms with Gasteiger partial charge in [0.25, 0.3) is 0 Å². The molecule has 1 aliphatic rings. The standard InChI is InChI=1S/C23H32O3/c1-3-4-5-6-7-8-12-15-22(17-21-16-19(2)26-23(21)24)25-18-20-13-10-9-11-14-20/h3,9-11,13-14,16,19,22H,1,4-8,12,15,17-18H2,2H3/t19-,22+/m0/s1. The Hall–Kier alpha value is -1.87. The van der Waals surface area contributed by atoms with E-state index in [9.17, 15) is 4.79 Å². The molecule has 0 saturated carbocycles. The van der Waals surface area contributed by atoms with Gasteiger partial charge in [0.1, 0.15) is 6.10 Å². The lowest BCUT2D eigenvalue weighted by molar-refractivity contribution is -0.139. The fraction of sp³-hybridized carbons (Fsp3) is 0.522. The highest BCUT2D eigenvalue weighted by Crippen LogP contribution is 2.23. The van der Waals surface area contributed by atoms with Gasteiger partial charge in [-0.3, -0.25) is 0 Å². The zero-order chi connectivity index (χ0) is 18.6. The number of allylic oxidation sites excluding steroid dienone is 1. The van der Waals surface area contributed by atoms with Crippen LogP contribution in [0, 0.1) is 0 Å². The normalized spacial score (nSPS) is 17.7. The summed E-state index contributed by atoms with van der Waals surface area (Å²) in [6, 6.07) is 10.2. The third kappa shape index (κ3) is 7.57. The van der Waals surface area contributed by atoms with E-state index in [4.69, 9.17) is 9.47 Å². The molecule has 142 valence electrons. The van der Waals surface area contributed by atoms with Gasteiger partial charge in [0.15, 0.2) is 0 Å². The first-order valence-electron chi connectivity index (χ1n) is 9.87. The van der Waals surface area contributed by atoms with Crippen LogP contribution >= 0.6 is 0 Å². The van der Waals surface area contributed by atoms with Crippen LogP contribution in [0.5, 0.6) is 0 Å². The molecule has 0 aliphatic carbocycles. The fourth-order valence-electron chi connectivity index (χ4n) is 3.25. The van der Waals surface area contributed by atoms with E-state index in [1.807, 2.05) is 37.3 Å². The van der Waals surface area contributed by atoms with Gasteiger partial charge in [-0.05, 0) is 37.8 Å². The molecule has 0 amide bonds. The van der Waals surface area contributed by atoms with Crippen molar-refractivity contribution in [1.82, 2.24) is 0 Å². The molecule has 1 heterocycles. The minimum Gasteiger partial charge on any atom is -0.455 e. The van der Waals surface area contributed by atoms with E-state index in [2.05, 4.69) is 18.7 Å². The van der Waals surface area contributed by atoms with Crippen LogP contribution in [0.2, 0.25) is 0 Å². The van der Waals surface area contributed by atoms with Crippen LogP contribution in [-0.4, -0.2) is 18.2 Å². The van der Waals surface area contributed by atoms with Gasteiger partial charge >= 0.3 is 5.97 Å². The van der Waals surface area contributed by atoms with Crippen LogP contribution in [0.1, 0.15) is 63.9 Å². The number of unbranched alkanes of at least 4 members (excludes halogenated alkanes) is 5. The number of ether oxygens (including phenoxy) is 2. The maximum atomic E-state index is 11.9. The van der Waals surface area contributed by atoms with Crippen molar-refractivity contribution in [3.63, 3.8) is 0 Å². The van der Waals surface area contributed by atoms with Gasteiger partial charge in [0.2, 0.25) is 0 Å². The molecule has 0 spiro atoms. The third-order valence-corrected chi connectivity index (χ3v) is 4.70. The summed E-state index contributed by atoms with van der Waals surface area (Å²) in [7, 11) is 0. The Bertz CT molecular complexity index is 576. The molecule has 1 aliphatic heterocycles. The monoisotopic (exact) mass is 356 g/mol. The molecule has 3 nitrogen and oxygen atoms in total. The molecule has 1 aromatic carbocycles. The topological polar surface area (TPSA) is 35.5 Å². The summed E-state index contributed by atoms with van der Waals surface area (Å²) in [5.41, 5.74) is 1.93. The lowest BCUT2D eigenvalue weighted by atomic mass is 10.0. The van der Waals surface area contributed by atoms with Crippen LogP contribution < -0.4 is 0 Å². The van der Waals surface area contributed by atoms with E-state index in [0.717, 1.165) is 24.8 Å². The van der Waals surface area contributed by atoms with Crippen LogP contribution in [-0.2, 0) is 20.9 Å². The first-order chi connectivity index (χ1) is 12.7. The predicted molar refractivity (Wildman–Crippen MR) is 106 cm³/mol. The summed E-state index contributed by atoms with van der Waals surface area (Å²) in [4.78, 5) is 11.9. The Morgan fingerprint density at radius 3 is 2.58 bits per heavy atom. The molecule has 0 N–H and O–H groups in total. The van der Waals surface area contributed by atoms with Gasteiger partial charge in [0.05, 0.1) is 12.7 Å². The Labute approximate surface area is 158 Å². The van der Waals surface area contributed by atoms with Gasteiger partial charge < -0.3 is 9.47 Å². The van der Waals surface area contributed by atoms with Crippen LogP contribution in [0.3, 0.4) is 0 Å². The summed E-state index contributed by atoms with van der Waals surface area (Å²) < 4.78 is 11.4. The fourth-order valence-corrected chi connectivity index (χ4v) is 3.25. The summed E-state index contributed by atoms with van der Waals surface area (Å²) in [6.07, 6.45) is 12.7. The SMILES string of the molecule is C=CCCCCCCC[C@H](CC1=C[C@H](C)OC1=O)OCc1ccccc1. The lowest BCUT2D eigenvalue weighted by Crippen LogP contribution is -2.16. The molecule has 26 heavy (non-hydrogen) atoms. The van der Waals surface area contributed by atoms with Crippen molar-refractivity contribution in [3.05, 3.63) is 60.2 Å². The predicted octanol–water partition coefficient (Wildman–Crippen LogP) is 5.75. The first kappa shape index (κ1) is 20.4. The van der Waals surface area contributed by atoms with Crippen molar-refractivity contribution in [1.29, 1.82) is 0 Å². The number of carbonyl (C=O) groups is 1. The lowest BCUT2D eigenvalue weighted by Gasteiger charge is -2.18. The first-order valence-corrected chi connectivity index (χ1v) is 9.87. The van der Waals surface area contributed by atoms with E-state index < -0.39 is 0 Å². The Morgan fingerprint density at radius 1 is 1.15 bits per heavy atom. The third-order valence-electron chi connectivity index (χ3n) is 4.70. The minimum absolute atomic E-state index is 0.0625. The number of rotatable bonds is 13. The second-order valence-corrected chi connectivity index (χ2v) is 7.06. The number of hydrogen-bond donors (Lipinski definition) is 0. The van der Waals surface area contributed by atoms with E-state index in [0.29, 0.717) is 13.0 Å². The number of benzene rings is 1. The summed E-state index contributed by atoms with van der Waals surface area (Å²) in [5.74, 6) is -0.185. The highest BCUT2D eigenvalue weighted by molar-refractivity contribution is 5.90. The average Bonchev–Trinajstić information content (AvgIpc) is 2.96. The van der Waals surface area contributed by atoms with Gasteiger partial charge in [-0.2, -0.15) is 0 Å². The zero-order valence-corrected chi connectivity index (χ0v) is 16.0. The van der Waals surface area contributed by atoms with Crippen LogP contribution in [0.15, 0.2) is 54.6 Å². The molecule has 0 unspecified atom stereocenters. The van der Waals surface area contributed by atoms with Crippen LogP contribution in [0.4, 0.5) is 0 Å². The highest BCUT2D eigenvalue weighted by atomic mass is 16.5. The van der Waals surface area contributed by atoms with Crippen molar-refractivity contribution in [2.45, 2.75) is 77.1 Å². The Balaban J connectivity index is 1.79. The number of hydrogen-bond acceptors (Lipinski definition) is 3. The van der Waals surface area contributed by atoms with Crippen molar-refractivity contribution in [2.75, 3.05) is 0 Å². The molecule has 0 aromatic heterocycles. The molecule has 3 heteroatoms. The number of esters is 1. The molecule has 0 saturated heterocycles. The molecule has 2 atom stereocenters. The Morgan fingerprint density at radius 2 is 1.88 bits per heavy atom. The second kappa shape index (κ2) is 11.7. The van der Waals surface area contributed by atoms with E-state index in [1.54, 1.807) is 0 Å². The van der Waals surface area contributed by atoms with Crippen molar-refractivity contribution < 1.29 is 14.3 Å². The minimum atomic E-state index is -0.185. The molecular formula is C23H32O3.